The lowest BCUT2D eigenvalue weighted by atomic mass is 10.2. The largest absolute Gasteiger partial charge is 0.493 e. The number of methoxy groups -OCH3 is 2. The van der Waals surface area contributed by atoms with E-state index in [1.165, 1.54) is 20.3 Å². The zero-order valence-electron chi connectivity index (χ0n) is 12.6. The van der Waals surface area contributed by atoms with Gasteiger partial charge in [-0.2, -0.15) is 0 Å². The standard InChI is InChI=1S/C17H15Cl2NO3/c1-22-15-10-11(9-14(19)17(15)23-2)3-8-16(21)20-13-6-4-12(18)5-7-13/h3-10H,1-2H3,(H,20,21)/b8-3+. The summed E-state index contributed by atoms with van der Waals surface area (Å²) in [6.45, 7) is 0. The van der Waals surface area contributed by atoms with Crippen LogP contribution in [0.4, 0.5) is 5.69 Å². The van der Waals surface area contributed by atoms with Crippen molar-refractivity contribution in [2.75, 3.05) is 19.5 Å². The fourth-order valence-corrected chi connectivity index (χ4v) is 2.35. The monoisotopic (exact) mass is 351 g/mol. The number of ether oxygens (including phenoxy) is 2. The van der Waals surface area contributed by atoms with E-state index in [4.69, 9.17) is 32.7 Å². The number of nitrogens with one attached hydrogen (secondary N) is 1. The van der Waals surface area contributed by atoms with Gasteiger partial charge < -0.3 is 14.8 Å². The van der Waals surface area contributed by atoms with Gasteiger partial charge in [0.05, 0.1) is 19.2 Å². The van der Waals surface area contributed by atoms with E-state index in [0.717, 1.165) is 5.56 Å². The lowest BCUT2D eigenvalue weighted by molar-refractivity contribution is -0.111. The summed E-state index contributed by atoms with van der Waals surface area (Å²) in [5.41, 5.74) is 1.38. The molecule has 0 aliphatic rings. The van der Waals surface area contributed by atoms with Gasteiger partial charge in [-0.15, -0.1) is 0 Å². The Morgan fingerprint density at radius 3 is 2.39 bits per heavy atom. The third-order valence-electron chi connectivity index (χ3n) is 2.99. The number of carbonyl (C=O) groups is 1. The second-order valence-corrected chi connectivity index (χ2v) is 5.41. The Bertz CT molecular complexity index is 727. The van der Waals surface area contributed by atoms with Crippen LogP contribution in [0.5, 0.6) is 11.5 Å². The highest BCUT2D eigenvalue weighted by Gasteiger charge is 2.09. The molecular weight excluding hydrogens is 337 g/mol. The van der Waals surface area contributed by atoms with Crippen LogP contribution in [0.2, 0.25) is 10.0 Å². The molecule has 2 aromatic carbocycles. The van der Waals surface area contributed by atoms with Gasteiger partial charge in [-0.3, -0.25) is 4.79 Å². The van der Waals surface area contributed by atoms with Crippen molar-refractivity contribution in [1.82, 2.24) is 0 Å². The van der Waals surface area contributed by atoms with Gasteiger partial charge in [0, 0.05) is 16.8 Å². The molecule has 0 unspecified atom stereocenters. The van der Waals surface area contributed by atoms with Crippen LogP contribution in [0.3, 0.4) is 0 Å². The van der Waals surface area contributed by atoms with Crippen molar-refractivity contribution in [3.05, 3.63) is 58.1 Å². The van der Waals surface area contributed by atoms with Crippen LogP contribution >= 0.6 is 23.2 Å². The quantitative estimate of drug-likeness (QED) is 0.796. The van der Waals surface area contributed by atoms with Crippen molar-refractivity contribution in [2.45, 2.75) is 0 Å². The van der Waals surface area contributed by atoms with E-state index in [0.29, 0.717) is 27.2 Å². The summed E-state index contributed by atoms with van der Waals surface area (Å²) in [5, 5.41) is 3.75. The Balaban J connectivity index is 2.11. The Hall–Kier alpha value is -2.17. The number of rotatable bonds is 5. The van der Waals surface area contributed by atoms with Crippen LogP contribution in [0.15, 0.2) is 42.5 Å². The maximum Gasteiger partial charge on any atom is 0.248 e. The summed E-state index contributed by atoms with van der Waals surface area (Å²) in [6, 6.07) is 10.3. The molecule has 23 heavy (non-hydrogen) atoms. The molecule has 0 radical (unpaired) electrons. The van der Waals surface area contributed by atoms with Gasteiger partial charge in [-0.05, 0) is 48.0 Å². The van der Waals surface area contributed by atoms with Gasteiger partial charge in [-0.25, -0.2) is 0 Å². The molecule has 0 aliphatic heterocycles. The van der Waals surface area contributed by atoms with E-state index >= 15 is 0 Å². The third kappa shape index (κ3) is 4.65. The molecule has 0 saturated carbocycles. The summed E-state index contributed by atoms with van der Waals surface area (Å²) in [4.78, 5) is 11.9. The van der Waals surface area contributed by atoms with Crippen LogP contribution in [-0.4, -0.2) is 20.1 Å². The Kier molecular flexibility index (Phi) is 5.90. The third-order valence-corrected chi connectivity index (χ3v) is 3.53. The molecule has 0 saturated heterocycles. The predicted octanol–water partition coefficient (Wildman–Crippen LogP) is 4.66. The van der Waals surface area contributed by atoms with Crippen LogP contribution < -0.4 is 14.8 Å². The number of anilines is 1. The fourth-order valence-electron chi connectivity index (χ4n) is 1.92. The topological polar surface area (TPSA) is 47.6 Å². The van der Waals surface area contributed by atoms with Gasteiger partial charge in [0.25, 0.3) is 0 Å². The Labute approximate surface area is 144 Å². The van der Waals surface area contributed by atoms with Gasteiger partial charge >= 0.3 is 0 Å². The minimum Gasteiger partial charge on any atom is -0.493 e. The number of halogens is 2. The van der Waals surface area contributed by atoms with Gasteiger partial charge in [0.15, 0.2) is 11.5 Å². The molecule has 0 atom stereocenters. The summed E-state index contributed by atoms with van der Waals surface area (Å²) >= 11 is 11.9. The van der Waals surface area contributed by atoms with E-state index in [2.05, 4.69) is 5.32 Å². The molecule has 2 rings (SSSR count). The van der Waals surface area contributed by atoms with Crippen molar-refractivity contribution >= 4 is 40.9 Å². The highest BCUT2D eigenvalue weighted by atomic mass is 35.5. The van der Waals surface area contributed by atoms with E-state index in [1.54, 1.807) is 42.5 Å². The molecule has 1 N–H and O–H groups in total. The van der Waals surface area contributed by atoms with Crippen molar-refractivity contribution in [1.29, 1.82) is 0 Å². The average Bonchev–Trinajstić information content (AvgIpc) is 2.54. The van der Waals surface area contributed by atoms with Crippen LogP contribution in [-0.2, 0) is 4.79 Å². The fraction of sp³-hybridized carbons (Fsp3) is 0.118. The summed E-state index contributed by atoms with van der Waals surface area (Å²) in [5.74, 6) is 0.688. The number of carbonyl (C=O) groups excluding carboxylic acids is 1. The summed E-state index contributed by atoms with van der Waals surface area (Å²) < 4.78 is 10.4. The van der Waals surface area contributed by atoms with Gasteiger partial charge in [0.1, 0.15) is 0 Å². The molecule has 4 nitrogen and oxygen atoms in total. The summed E-state index contributed by atoms with van der Waals surface area (Å²) in [6.07, 6.45) is 3.05. The molecule has 6 heteroatoms. The number of benzene rings is 2. The molecule has 0 bridgehead atoms. The SMILES string of the molecule is COc1cc(/C=C/C(=O)Nc2ccc(Cl)cc2)cc(Cl)c1OC. The van der Waals surface area contributed by atoms with E-state index in [-0.39, 0.29) is 5.91 Å². The molecule has 0 spiro atoms. The first-order valence-corrected chi connectivity index (χ1v) is 7.45. The zero-order valence-corrected chi connectivity index (χ0v) is 14.1. The molecule has 0 heterocycles. The maximum atomic E-state index is 11.9. The van der Waals surface area contributed by atoms with E-state index < -0.39 is 0 Å². The van der Waals surface area contributed by atoms with Crippen LogP contribution in [0.25, 0.3) is 6.08 Å². The predicted molar refractivity (Wildman–Crippen MR) is 93.7 cm³/mol. The van der Waals surface area contributed by atoms with E-state index in [1.807, 2.05) is 0 Å². The van der Waals surface area contributed by atoms with Gasteiger partial charge in [-0.1, -0.05) is 23.2 Å². The Morgan fingerprint density at radius 2 is 1.78 bits per heavy atom. The first-order valence-electron chi connectivity index (χ1n) is 6.69. The number of hydrogen-bond donors (Lipinski definition) is 1. The molecule has 2 aromatic rings. The van der Waals surface area contributed by atoms with Crippen molar-refractivity contribution in [3.8, 4) is 11.5 Å². The second-order valence-electron chi connectivity index (χ2n) is 4.57. The molecule has 1 amide bonds. The van der Waals surface area contributed by atoms with Crippen LogP contribution in [0, 0.1) is 0 Å². The highest BCUT2D eigenvalue weighted by Crippen LogP contribution is 2.36. The molecular formula is C17H15Cl2NO3. The van der Waals surface area contributed by atoms with Crippen molar-refractivity contribution < 1.29 is 14.3 Å². The second kappa shape index (κ2) is 7.90. The lowest BCUT2D eigenvalue weighted by Gasteiger charge is -2.10. The number of amides is 1. The van der Waals surface area contributed by atoms with Crippen molar-refractivity contribution in [3.63, 3.8) is 0 Å². The van der Waals surface area contributed by atoms with Crippen molar-refractivity contribution in [2.24, 2.45) is 0 Å². The Morgan fingerprint density at radius 1 is 1.09 bits per heavy atom. The number of hydrogen-bond acceptors (Lipinski definition) is 3. The zero-order chi connectivity index (χ0) is 16.8. The molecule has 0 fully saturated rings. The molecule has 0 aliphatic carbocycles. The highest BCUT2D eigenvalue weighted by molar-refractivity contribution is 6.32. The summed E-state index contributed by atoms with van der Waals surface area (Å²) in [7, 11) is 3.04. The lowest BCUT2D eigenvalue weighted by Crippen LogP contribution is -2.07. The normalized spacial score (nSPS) is 10.6. The van der Waals surface area contributed by atoms with Crippen LogP contribution in [0.1, 0.15) is 5.56 Å². The first kappa shape index (κ1) is 17.2. The minimum atomic E-state index is -0.266. The maximum absolute atomic E-state index is 11.9. The minimum absolute atomic E-state index is 0.266. The van der Waals surface area contributed by atoms with E-state index in [9.17, 15) is 4.79 Å². The van der Waals surface area contributed by atoms with Gasteiger partial charge in [0.2, 0.25) is 5.91 Å². The average molecular weight is 352 g/mol. The molecule has 120 valence electrons. The molecule has 0 aromatic heterocycles. The smallest absolute Gasteiger partial charge is 0.248 e. The first-order chi connectivity index (χ1) is 11.0.